The van der Waals surface area contributed by atoms with Gasteiger partial charge in [-0.1, -0.05) is 51.2 Å². The molecule has 0 spiro atoms. The minimum Gasteiger partial charge on any atom is -0.465 e. The fourth-order valence-electron chi connectivity index (χ4n) is 2.95. The number of hydrogen-bond donors (Lipinski definition) is 1. The quantitative estimate of drug-likeness (QED) is 0.177. The van der Waals surface area contributed by atoms with Crippen LogP contribution < -0.4 is 5.32 Å². The van der Waals surface area contributed by atoms with Gasteiger partial charge in [0, 0.05) is 19.4 Å². The van der Waals surface area contributed by atoms with Crippen molar-refractivity contribution in [2.24, 2.45) is 0 Å². The van der Waals surface area contributed by atoms with Crippen LogP contribution in [0.2, 0.25) is 0 Å². The van der Waals surface area contributed by atoms with Gasteiger partial charge in [-0.3, -0.25) is 4.79 Å². The Kier molecular flexibility index (Phi) is 15.9. The minimum absolute atomic E-state index is 0.145. The van der Waals surface area contributed by atoms with Crippen molar-refractivity contribution in [3.05, 3.63) is 12.2 Å². The molecule has 0 saturated heterocycles. The van der Waals surface area contributed by atoms with Gasteiger partial charge >= 0.3 is 5.97 Å². The molecular weight excluding hydrogens is 340 g/mol. The summed E-state index contributed by atoms with van der Waals surface area (Å²) >= 11 is 0. The van der Waals surface area contributed by atoms with Crippen LogP contribution in [0.3, 0.4) is 0 Å². The fraction of sp³-hybridized carbons (Fsp3) is 0.818. The predicted molar refractivity (Wildman–Crippen MR) is 112 cm³/mol. The third-order valence-corrected chi connectivity index (χ3v) is 4.71. The largest absolute Gasteiger partial charge is 0.465 e. The number of nitrogens with zero attached hydrogens (tertiary/aromatic N) is 1. The van der Waals surface area contributed by atoms with Crippen LogP contribution in [0.15, 0.2) is 12.2 Å². The first kappa shape index (κ1) is 25.6. The first-order valence-corrected chi connectivity index (χ1v) is 10.7. The summed E-state index contributed by atoms with van der Waals surface area (Å²) in [6, 6.07) is 0. The van der Waals surface area contributed by atoms with Crippen molar-refractivity contribution in [1.29, 1.82) is 0 Å². The van der Waals surface area contributed by atoms with Crippen molar-refractivity contribution in [3.8, 4) is 0 Å². The number of unbranched alkanes of at least 4 members (excludes halogenated alkanes) is 7. The summed E-state index contributed by atoms with van der Waals surface area (Å²) in [5.74, 6) is -0.0521. The number of likely N-dealkylation sites (N-methyl/N-ethyl adjacent to an activating group) is 1. The molecule has 0 aliphatic carbocycles. The van der Waals surface area contributed by atoms with Gasteiger partial charge in [0.05, 0.1) is 27.7 Å². The summed E-state index contributed by atoms with van der Waals surface area (Å²) < 4.78 is 5.29. The van der Waals surface area contributed by atoms with Crippen LogP contribution >= 0.6 is 0 Å². The van der Waals surface area contributed by atoms with Gasteiger partial charge < -0.3 is 14.5 Å². The highest BCUT2D eigenvalue weighted by Gasteiger charge is 2.19. The Hall–Kier alpha value is -1.36. The molecule has 0 aromatic heterocycles. The van der Waals surface area contributed by atoms with Gasteiger partial charge in [-0.25, -0.2) is 4.79 Å². The third-order valence-electron chi connectivity index (χ3n) is 4.71. The van der Waals surface area contributed by atoms with Gasteiger partial charge in [-0.15, -0.1) is 0 Å². The van der Waals surface area contributed by atoms with Gasteiger partial charge in [0.1, 0.15) is 0 Å². The molecular formula is C22H43N2O3+. The van der Waals surface area contributed by atoms with E-state index in [4.69, 9.17) is 4.74 Å². The molecule has 0 radical (unpaired) electrons. The van der Waals surface area contributed by atoms with Crippen LogP contribution in [0, 0.1) is 0 Å². The highest BCUT2D eigenvalue weighted by atomic mass is 16.5. The summed E-state index contributed by atoms with van der Waals surface area (Å²) in [5, 5.41) is 2.98. The van der Waals surface area contributed by atoms with E-state index in [9.17, 15) is 9.59 Å². The first-order valence-electron chi connectivity index (χ1n) is 10.7. The van der Waals surface area contributed by atoms with Crippen LogP contribution in [-0.2, 0) is 14.3 Å². The number of carbonyl (C=O) groups is 2. The van der Waals surface area contributed by atoms with Crippen molar-refractivity contribution < 1.29 is 18.8 Å². The maximum atomic E-state index is 11.9. The average molecular weight is 384 g/mol. The van der Waals surface area contributed by atoms with Gasteiger partial charge in [0.25, 0.3) is 0 Å². The monoisotopic (exact) mass is 383 g/mol. The van der Waals surface area contributed by atoms with E-state index >= 15 is 0 Å². The number of carbonyl (C=O) groups excluding carboxylic acids is 2. The SMILES string of the molecule is CCCC/C=C/CCCCCCCC(=O)NCCC[N+](C)(C)CC(=O)OC. The lowest BCUT2D eigenvalue weighted by Crippen LogP contribution is -2.45. The number of rotatable bonds is 17. The van der Waals surface area contributed by atoms with E-state index in [1.807, 2.05) is 14.1 Å². The lowest BCUT2D eigenvalue weighted by molar-refractivity contribution is -0.883. The molecule has 1 N–H and O–H groups in total. The molecule has 5 nitrogen and oxygen atoms in total. The lowest BCUT2D eigenvalue weighted by Gasteiger charge is -2.28. The smallest absolute Gasteiger partial charge is 0.361 e. The second-order valence-corrected chi connectivity index (χ2v) is 8.02. The number of ether oxygens (including phenoxy) is 1. The highest BCUT2D eigenvalue weighted by molar-refractivity contribution is 5.75. The van der Waals surface area contributed by atoms with Crippen LogP contribution in [0.4, 0.5) is 0 Å². The van der Waals surface area contributed by atoms with Crippen molar-refractivity contribution in [3.63, 3.8) is 0 Å². The maximum absolute atomic E-state index is 11.9. The molecule has 0 rings (SSSR count). The molecule has 1 amide bonds. The number of esters is 1. The fourth-order valence-corrected chi connectivity index (χ4v) is 2.95. The zero-order valence-corrected chi connectivity index (χ0v) is 18.2. The van der Waals surface area contributed by atoms with Gasteiger partial charge in [0.2, 0.25) is 5.91 Å². The van der Waals surface area contributed by atoms with Crippen LogP contribution in [0.25, 0.3) is 0 Å². The molecule has 0 aliphatic heterocycles. The number of nitrogens with one attached hydrogen (secondary N) is 1. The second-order valence-electron chi connectivity index (χ2n) is 8.02. The van der Waals surface area contributed by atoms with E-state index in [2.05, 4.69) is 24.4 Å². The molecule has 0 unspecified atom stereocenters. The summed E-state index contributed by atoms with van der Waals surface area (Å²) in [7, 11) is 5.41. The zero-order chi connectivity index (χ0) is 20.4. The van der Waals surface area contributed by atoms with Gasteiger partial charge in [-0.2, -0.15) is 0 Å². The molecule has 5 heteroatoms. The van der Waals surface area contributed by atoms with Crippen molar-refractivity contribution >= 4 is 11.9 Å². The van der Waals surface area contributed by atoms with E-state index in [0.29, 0.717) is 24.0 Å². The highest BCUT2D eigenvalue weighted by Crippen LogP contribution is 2.08. The number of amides is 1. The number of hydrogen-bond acceptors (Lipinski definition) is 3. The Morgan fingerprint density at radius 2 is 1.56 bits per heavy atom. The Morgan fingerprint density at radius 1 is 0.926 bits per heavy atom. The van der Waals surface area contributed by atoms with E-state index in [0.717, 1.165) is 25.8 Å². The van der Waals surface area contributed by atoms with E-state index in [1.54, 1.807) is 0 Å². The number of quaternary nitrogens is 1. The van der Waals surface area contributed by atoms with Crippen molar-refractivity contribution in [1.82, 2.24) is 5.32 Å². The van der Waals surface area contributed by atoms with Crippen molar-refractivity contribution in [2.75, 3.05) is 40.8 Å². The minimum atomic E-state index is -0.198. The van der Waals surface area contributed by atoms with Crippen molar-refractivity contribution in [2.45, 2.75) is 77.6 Å². The maximum Gasteiger partial charge on any atom is 0.361 e. The van der Waals surface area contributed by atoms with Crippen LogP contribution in [0.1, 0.15) is 77.6 Å². The second kappa shape index (κ2) is 16.8. The topological polar surface area (TPSA) is 55.4 Å². The predicted octanol–water partition coefficient (Wildman–Crippen LogP) is 4.22. The van der Waals surface area contributed by atoms with Gasteiger partial charge in [0.15, 0.2) is 6.54 Å². The Balaban J connectivity index is 3.49. The van der Waals surface area contributed by atoms with Crippen LogP contribution in [0.5, 0.6) is 0 Å². The Bertz CT molecular complexity index is 420. The molecule has 0 aromatic carbocycles. The number of methoxy groups -OCH3 is 1. The number of allylic oxidation sites excluding steroid dienone is 2. The standard InChI is InChI=1S/C22H42N2O3/c1-5-6-7-8-9-10-11-12-13-14-15-17-21(25)23-18-16-19-24(2,3)20-22(26)27-4/h8-9H,5-7,10-20H2,1-4H3/p+1/b9-8+. The summed E-state index contributed by atoms with van der Waals surface area (Å²) in [6.07, 6.45) is 16.9. The molecule has 0 heterocycles. The van der Waals surface area contributed by atoms with Crippen LogP contribution in [-0.4, -0.2) is 57.2 Å². The van der Waals surface area contributed by atoms with E-state index < -0.39 is 0 Å². The molecule has 0 atom stereocenters. The normalized spacial score (nSPS) is 11.7. The van der Waals surface area contributed by atoms with E-state index in [-0.39, 0.29) is 11.9 Å². The Labute approximate surface area is 167 Å². The molecule has 27 heavy (non-hydrogen) atoms. The van der Waals surface area contributed by atoms with E-state index in [1.165, 1.54) is 52.1 Å². The summed E-state index contributed by atoms with van der Waals surface area (Å²) in [4.78, 5) is 23.2. The first-order chi connectivity index (χ1) is 12.9. The molecule has 0 aromatic rings. The molecule has 0 fully saturated rings. The van der Waals surface area contributed by atoms with Gasteiger partial charge in [-0.05, 0) is 25.7 Å². The summed E-state index contributed by atoms with van der Waals surface area (Å²) in [5.41, 5.74) is 0. The third kappa shape index (κ3) is 17.8. The molecule has 0 aliphatic rings. The molecule has 158 valence electrons. The zero-order valence-electron chi connectivity index (χ0n) is 18.2. The lowest BCUT2D eigenvalue weighted by atomic mass is 10.1. The summed E-state index contributed by atoms with van der Waals surface area (Å²) in [6.45, 7) is 4.09. The Morgan fingerprint density at radius 3 is 2.22 bits per heavy atom. The average Bonchev–Trinajstić information content (AvgIpc) is 2.62. The molecule has 0 saturated carbocycles. The molecule has 0 bridgehead atoms.